The minimum Gasteiger partial charge on any atom is -0.317 e. The number of hydrogen-bond donors (Lipinski definition) is 2. The van der Waals surface area contributed by atoms with E-state index in [1.807, 2.05) is 6.92 Å². The lowest BCUT2D eigenvalue weighted by atomic mass is 10.2. The molecule has 0 spiro atoms. The van der Waals surface area contributed by atoms with Crippen molar-refractivity contribution in [3.8, 4) is 0 Å². The molecule has 92 valence electrons. The number of nitrogens with zero attached hydrogens (tertiary/aromatic N) is 1. The van der Waals surface area contributed by atoms with Crippen molar-refractivity contribution >= 4 is 11.3 Å². The van der Waals surface area contributed by atoms with Gasteiger partial charge in [0, 0.05) is 24.0 Å². The third-order valence-corrected chi connectivity index (χ3v) is 3.44. The molecule has 16 heavy (non-hydrogen) atoms. The first kappa shape index (κ1) is 13.6. The molecule has 0 aliphatic carbocycles. The van der Waals surface area contributed by atoms with Gasteiger partial charge in [-0.1, -0.05) is 13.8 Å². The van der Waals surface area contributed by atoms with Gasteiger partial charge in [0.25, 0.3) is 0 Å². The lowest BCUT2D eigenvalue weighted by Crippen LogP contribution is -2.30. The quantitative estimate of drug-likeness (QED) is 0.682. The van der Waals surface area contributed by atoms with E-state index >= 15 is 0 Å². The molecule has 4 heteroatoms. The summed E-state index contributed by atoms with van der Waals surface area (Å²) < 4.78 is 0. The number of aryl methyl sites for hydroxylation is 1. The average molecular weight is 241 g/mol. The van der Waals surface area contributed by atoms with Crippen molar-refractivity contribution in [2.45, 2.75) is 27.2 Å². The lowest BCUT2D eigenvalue weighted by Gasteiger charge is -2.12. The van der Waals surface area contributed by atoms with E-state index in [-0.39, 0.29) is 0 Å². The van der Waals surface area contributed by atoms with Crippen LogP contribution in [0.15, 0.2) is 5.38 Å². The molecule has 0 radical (unpaired) electrons. The predicted molar refractivity (Wildman–Crippen MR) is 71.1 cm³/mol. The van der Waals surface area contributed by atoms with E-state index in [0.29, 0.717) is 5.92 Å². The van der Waals surface area contributed by atoms with Crippen molar-refractivity contribution in [1.82, 2.24) is 15.6 Å². The van der Waals surface area contributed by atoms with Crippen molar-refractivity contribution in [3.05, 3.63) is 16.1 Å². The minimum atomic E-state index is 0.693. The third kappa shape index (κ3) is 5.58. The number of hydrogen-bond acceptors (Lipinski definition) is 4. The molecule has 0 fully saturated rings. The molecule has 0 aromatic carbocycles. The summed E-state index contributed by atoms with van der Waals surface area (Å²) in [6.07, 6.45) is 1.05. The first-order chi connectivity index (χ1) is 7.72. The average Bonchev–Trinajstić information content (AvgIpc) is 2.67. The predicted octanol–water partition coefficient (Wildman–Crippen LogP) is 1.83. The summed E-state index contributed by atoms with van der Waals surface area (Å²) >= 11 is 1.76. The Kier molecular flexibility index (Phi) is 6.61. The van der Waals surface area contributed by atoms with Gasteiger partial charge in [-0.2, -0.15) is 0 Å². The summed E-state index contributed by atoms with van der Waals surface area (Å²) in [5.41, 5.74) is 1.14. The highest BCUT2D eigenvalue weighted by Gasteiger charge is 2.01. The smallest absolute Gasteiger partial charge is 0.0940 e. The summed E-state index contributed by atoms with van der Waals surface area (Å²) in [7, 11) is 0. The molecule has 1 heterocycles. The Morgan fingerprint density at radius 2 is 2.12 bits per heavy atom. The number of rotatable bonds is 8. The molecule has 1 atom stereocenters. The zero-order valence-corrected chi connectivity index (χ0v) is 11.4. The van der Waals surface area contributed by atoms with Crippen LogP contribution in [0.25, 0.3) is 0 Å². The molecule has 0 aliphatic rings. The van der Waals surface area contributed by atoms with Crippen molar-refractivity contribution in [3.63, 3.8) is 0 Å². The standard InChI is InChI=1S/C12H23N3S/c1-4-13-7-10(2)8-14-6-5-12-15-11(3)9-16-12/h9-10,13-14H,4-8H2,1-3H3. The second kappa shape index (κ2) is 7.76. The Hall–Kier alpha value is -0.450. The maximum Gasteiger partial charge on any atom is 0.0940 e. The van der Waals surface area contributed by atoms with E-state index in [1.54, 1.807) is 11.3 Å². The van der Waals surface area contributed by atoms with Crippen LogP contribution in [-0.4, -0.2) is 31.2 Å². The Balaban J connectivity index is 2.03. The van der Waals surface area contributed by atoms with Gasteiger partial charge in [-0.3, -0.25) is 0 Å². The fourth-order valence-electron chi connectivity index (χ4n) is 1.52. The van der Waals surface area contributed by atoms with Gasteiger partial charge < -0.3 is 10.6 Å². The molecule has 1 aromatic heterocycles. The van der Waals surface area contributed by atoms with Gasteiger partial charge in [0.05, 0.1) is 5.01 Å². The molecule has 0 bridgehead atoms. The minimum absolute atomic E-state index is 0.693. The van der Waals surface area contributed by atoms with Gasteiger partial charge in [-0.05, 0) is 32.5 Å². The van der Waals surface area contributed by atoms with Gasteiger partial charge in [0.1, 0.15) is 0 Å². The third-order valence-electron chi connectivity index (χ3n) is 2.42. The summed E-state index contributed by atoms with van der Waals surface area (Å²) in [5, 5.41) is 10.2. The van der Waals surface area contributed by atoms with E-state index in [4.69, 9.17) is 0 Å². The van der Waals surface area contributed by atoms with Gasteiger partial charge in [0.15, 0.2) is 0 Å². The van der Waals surface area contributed by atoms with Gasteiger partial charge in [0.2, 0.25) is 0 Å². The highest BCUT2D eigenvalue weighted by molar-refractivity contribution is 7.09. The SMILES string of the molecule is CCNCC(C)CNCCc1nc(C)cs1. The number of thiazole rings is 1. The monoisotopic (exact) mass is 241 g/mol. The Bertz CT molecular complexity index is 286. The zero-order valence-electron chi connectivity index (χ0n) is 10.5. The number of aromatic nitrogens is 1. The van der Waals surface area contributed by atoms with Crippen LogP contribution >= 0.6 is 11.3 Å². The molecule has 0 saturated carbocycles. The Labute approximate surface area is 103 Å². The van der Waals surface area contributed by atoms with E-state index in [0.717, 1.165) is 38.3 Å². The largest absolute Gasteiger partial charge is 0.317 e. The molecule has 1 rings (SSSR count). The highest BCUT2D eigenvalue weighted by Crippen LogP contribution is 2.08. The summed E-state index contributed by atoms with van der Waals surface area (Å²) in [5.74, 6) is 0.693. The van der Waals surface area contributed by atoms with Crippen molar-refractivity contribution < 1.29 is 0 Å². The molecule has 0 amide bonds. The Morgan fingerprint density at radius 3 is 2.75 bits per heavy atom. The molecule has 2 N–H and O–H groups in total. The second-order valence-corrected chi connectivity index (χ2v) is 5.19. The van der Waals surface area contributed by atoms with E-state index in [1.165, 1.54) is 5.01 Å². The van der Waals surface area contributed by atoms with Crippen LogP contribution in [0, 0.1) is 12.8 Å². The molecule has 1 aromatic rings. The van der Waals surface area contributed by atoms with Gasteiger partial charge in [-0.15, -0.1) is 11.3 Å². The fraction of sp³-hybridized carbons (Fsp3) is 0.750. The second-order valence-electron chi connectivity index (χ2n) is 4.25. The van der Waals surface area contributed by atoms with Crippen molar-refractivity contribution in [2.24, 2.45) is 5.92 Å². The van der Waals surface area contributed by atoms with Crippen LogP contribution in [0.5, 0.6) is 0 Å². The van der Waals surface area contributed by atoms with Crippen LogP contribution in [-0.2, 0) is 6.42 Å². The van der Waals surface area contributed by atoms with Crippen molar-refractivity contribution in [2.75, 3.05) is 26.2 Å². The topological polar surface area (TPSA) is 37.0 Å². The molecular weight excluding hydrogens is 218 g/mol. The summed E-state index contributed by atoms with van der Waals surface area (Å²) in [4.78, 5) is 4.44. The van der Waals surface area contributed by atoms with E-state index in [2.05, 4.69) is 34.8 Å². The maximum atomic E-state index is 4.44. The van der Waals surface area contributed by atoms with Crippen LogP contribution in [0.2, 0.25) is 0 Å². The first-order valence-corrected chi connectivity index (χ1v) is 6.92. The van der Waals surface area contributed by atoms with Crippen LogP contribution in [0.1, 0.15) is 24.5 Å². The summed E-state index contributed by atoms with van der Waals surface area (Å²) in [6, 6.07) is 0. The zero-order chi connectivity index (χ0) is 11.8. The van der Waals surface area contributed by atoms with Gasteiger partial charge >= 0.3 is 0 Å². The van der Waals surface area contributed by atoms with Gasteiger partial charge in [-0.25, -0.2) is 4.98 Å². The normalized spacial score (nSPS) is 12.9. The number of nitrogens with one attached hydrogen (secondary N) is 2. The van der Waals surface area contributed by atoms with E-state index < -0.39 is 0 Å². The van der Waals surface area contributed by atoms with Crippen LogP contribution in [0.4, 0.5) is 0 Å². The Morgan fingerprint density at radius 1 is 1.38 bits per heavy atom. The maximum absolute atomic E-state index is 4.44. The highest BCUT2D eigenvalue weighted by atomic mass is 32.1. The van der Waals surface area contributed by atoms with Crippen LogP contribution < -0.4 is 10.6 Å². The molecule has 0 aliphatic heterocycles. The first-order valence-electron chi connectivity index (χ1n) is 6.04. The lowest BCUT2D eigenvalue weighted by molar-refractivity contribution is 0.481. The van der Waals surface area contributed by atoms with Crippen molar-refractivity contribution in [1.29, 1.82) is 0 Å². The summed E-state index contributed by atoms with van der Waals surface area (Å²) in [6.45, 7) is 10.7. The van der Waals surface area contributed by atoms with Crippen LogP contribution in [0.3, 0.4) is 0 Å². The molecule has 0 saturated heterocycles. The molecular formula is C12H23N3S. The molecule has 1 unspecified atom stereocenters. The van der Waals surface area contributed by atoms with E-state index in [9.17, 15) is 0 Å². The molecule has 3 nitrogen and oxygen atoms in total. The fourth-order valence-corrected chi connectivity index (χ4v) is 2.30.